The van der Waals surface area contributed by atoms with Gasteiger partial charge in [-0.3, -0.25) is 10.1 Å². The summed E-state index contributed by atoms with van der Waals surface area (Å²) in [7, 11) is 0. The zero-order chi connectivity index (χ0) is 20.4. The molecule has 150 valence electrons. The average molecular weight is 393 g/mol. The van der Waals surface area contributed by atoms with E-state index in [1.807, 2.05) is 12.1 Å². The summed E-state index contributed by atoms with van der Waals surface area (Å²) < 4.78 is 5.44. The summed E-state index contributed by atoms with van der Waals surface area (Å²) in [6.45, 7) is 3.52. The third kappa shape index (κ3) is 3.68. The molecule has 29 heavy (non-hydrogen) atoms. The highest BCUT2D eigenvalue weighted by atomic mass is 16.5. The molecular formula is C22H23N3O4. The van der Waals surface area contributed by atoms with Crippen LogP contribution < -0.4 is 15.5 Å². The molecule has 1 fully saturated rings. The molecule has 0 aliphatic carbocycles. The number of ether oxygens (including phenoxy) is 1. The number of para-hydroxylation sites is 1. The van der Waals surface area contributed by atoms with E-state index in [1.54, 1.807) is 31.2 Å². The fraction of sp³-hybridized carbons (Fsp3) is 0.318. The number of carbonyl (C=O) groups excluding carboxylic acids is 3. The number of aryl methyl sites for hydroxylation is 1. The minimum atomic E-state index is -1.14. The molecule has 2 aliphatic rings. The summed E-state index contributed by atoms with van der Waals surface area (Å²) in [6.07, 6.45) is 2.17. The first kappa shape index (κ1) is 19.0. The molecule has 0 radical (unpaired) electrons. The Morgan fingerprint density at radius 1 is 1.14 bits per heavy atom. The fourth-order valence-corrected chi connectivity index (χ4v) is 3.86. The lowest BCUT2D eigenvalue weighted by atomic mass is 9.91. The third-order valence-corrected chi connectivity index (χ3v) is 5.54. The second-order valence-corrected chi connectivity index (χ2v) is 7.47. The normalized spacial score (nSPS) is 20.7. The predicted octanol–water partition coefficient (Wildman–Crippen LogP) is 2.35. The SMILES string of the molecule is C[C@@]1(c2ccc(C(=O)OCCN3CCCc4ccccc43)cc2)NC(=O)NC1=O. The third-order valence-electron chi connectivity index (χ3n) is 5.54. The zero-order valence-electron chi connectivity index (χ0n) is 16.2. The molecule has 7 nitrogen and oxygen atoms in total. The van der Waals surface area contributed by atoms with Crippen molar-refractivity contribution in [3.05, 3.63) is 65.2 Å². The molecule has 2 aromatic rings. The number of nitrogens with one attached hydrogen (secondary N) is 2. The van der Waals surface area contributed by atoms with Crippen molar-refractivity contribution in [3.8, 4) is 0 Å². The van der Waals surface area contributed by atoms with Gasteiger partial charge in [0.25, 0.3) is 5.91 Å². The van der Waals surface area contributed by atoms with Gasteiger partial charge in [0.2, 0.25) is 0 Å². The molecule has 2 aliphatic heterocycles. The van der Waals surface area contributed by atoms with Crippen LogP contribution >= 0.6 is 0 Å². The largest absolute Gasteiger partial charge is 0.460 e. The lowest BCUT2D eigenvalue weighted by Gasteiger charge is -2.31. The smallest absolute Gasteiger partial charge is 0.338 e. The van der Waals surface area contributed by atoms with Crippen LogP contribution in [0.4, 0.5) is 10.5 Å². The van der Waals surface area contributed by atoms with Crippen molar-refractivity contribution in [1.82, 2.24) is 10.6 Å². The summed E-state index contributed by atoms with van der Waals surface area (Å²) >= 11 is 0. The second kappa shape index (κ2) is 7.58. The van der Waals surface area contributed by atoms with Crippen molar-refractivity contribution in [2.45, 2.75) is 25.3 Å². The number of esters is 1. The van der Waals surface area contributed by atoms with Gasteiger partial charge in [0.1, 0.15) is 12.1 Å². The van der Waals surface area contributed by atoms with E-state index in [0.29, 0.717) is 24.3 Å². The molecule has 4 rings (SSSR count). The first-order valence-electron chi connectivity index (χ1n) is 9.71. The van der Waals surface area contributed by atoms with E-state index in [0.717, 1.165) is 19.4 Å². The van der Waals surface area contributed by atoms with Crippen LogP contribution in [0.2, 0.25) is 0 Å². The number of imide groups is 1. The van der Waals surface area contributed by atoms with Crippen molar-refractivity contribution in [1.29, 1.82) is 0 Å². The maximum Gasteiger partial charge on any atom is 0.338 e. The van der Waals surface area contributed by atoms with E-state index in [1.165, 1.54) is 11.3 Å². The van der Waals surface area contributed by atoms with Gasteiger partial charge in [-0.25, -0.2) is 9.59 Å². The molecule has 0 saturated carbocycles. The van der Waals surface area contributed by atoms with Crippen LogP contribution in [0.25, 0.3) is 0 Å². The van der Waals surface area contributed by atoms with Gasteiger partial charge in [0, 0.05) is 12.2 Å². The predicted molar refractivity (Wildman–Crippen MR) is 108 cm³/mol. The number of anilines is 1. The highest BCUT2D eigenvalue weighted by Gasteiger charge is 2.43. The summed E-state index contributed by atoms with van der Waals surface area (Å²) in [5.41, 5.74) is 2.41. The molecule has 2 heterocycles. The van der Waals surface area contributed by atoms with Crippen LogP contribution in [0.15, 0.2) is 48.5 Å². The van der Waals surface area contributed by atoms with Crippen LogP contribution in [0.1, 0.15) is 34.8 Å². The van der Waals surface area contributed by atoms with Crippen LogP contribution in [-0.4, -0.2) is 37.6 Å². The zero-order valence-corrected chi connectivity index (χ0v) is 16.2. The van der Waals surface area contributed by atoms with E-state index >= 15 is 0 Å². The standard InChI is InChI=1S/C22H23N3O4/c1-22(20(27)23-21(28)24-22)17-10-8-16(9-11-17)19(26)29-14-13-25-12-4-6-15-5-2-3-7-18(15)25/h2-3,5,7-11H,4,6,12-14H2,1H3,(H2,23,24,27,28)/t22-/m0/s1. The summed E-state index contributed by atoms with van der Waals surface area (Å²) in [5, 5.41) is 4.83. The number of carbonyl (C=O) groups is 3. The van der Waals surface area contributed by atoms with E-state index in [9.17, 15) is 14.4 Å². The molecular weight excluding hydrogens is 370 g/mol. The molecule has 7 heteroatoms. The number of hydrogen-bond acceptors (Lipinski definition) is 5. The van der Waals surface area contributed by atoms with E-state index in [2.05, 4.69) is 27.7 Å². The van der Waals surface area contributed by atoms with Gasteiger partial charge in [0.15, 0.2) is 0 Å². The quantitative estimate of drug-likeness (QED) is 0.601. The molecule has 2 aromatic carbocycles. The maximum absolute atomic E-state index is 12.4. The fourth-order valence-electron chi connectivity index (χ4n) is 3.86. The first-order valence-corrected chi connectivity index (χ1v) is 9.71. The summed E-state index contributed by atoms with van der Waals surface area (Å²) in [6, 6.07) is 14.3. The summed E-state index contributed by atoms with van der Waals surface area (Å²) in [5.74, 6) is -0.827. The van der Waals surface area contributed by atoms with Gasteiger partial charge in [-0.1, -0.05) is 30.3 Å². The molecule has 0 aromatic heterocycles. The topological polar surface area (TPSA) is 87.7 Å². The lowest BCUT2D eigenvalue weighted by Crippen LogP contribution is -2.40. The van der Waals surface area contributed by atoms with Crippen molar-refractivity contribution in [3.63, 3.8) is 0 Å². The first-order chi connectivity index (χ1) is 14.0. The molecule has 1 atom stereocenters. The van der Waals surface area contributed by atoms with Crippen molar-refractivity contribution in [2.75, 3.05) is 24.6 Å². The Kier molecular flexibility index (Phi) is 4.96. The second-order valence-electron chi connectivity index (χ2n) is 7.47. The molecule has 0 bridgehead atoms. The van der Waals surface area contributed by atoms with Crippen LogP contribution in [0.3, 0.4) is 0 Å². The Bertz CT molecular complexity index is 957. The lowest BCUT2D eigenvalue weighted by molar-refractivity contribution is -0.123. The molecule has 0 spiro atoms. The molecule has 2 N–H and O–H groups in total. The van der Waals surface area contributed by atoms with E-state index in [-0.39, 0.29) is 0 Å². The van der Waals surface area contributed by atoms with Crippen molar-refractivity contribution >= 4 is 23.6 Å². The number of nitrogens with zero attached hydrogens (tertiary/aromatic N) is 1. The minimum absolute atomic E-state index is 0.297. The number of hydrogen-bond donors (Lipinski definition) is 2. The highest BCUT2D eigenvalue weighted by Crippen LogP contribution is 2.27. The minimum Gasteiger partial charge on any atom is -0.460 e. The Morgan fingerprint density at radius 2 is 1.90 bits per heavy atom. The number of rotatable bonds is 5. The van der Waals surface area contributed by atoms with Crippen LogP contribution in [0, 0.1) is 0 Å². The Balaban J connectivity index is 1.35. The summed E-state index contributed by atoms with van der Waals surface area (Å²) in [4.78, 5) is 38.1. The van der Waals surface area contributed by atoms with Gasteiger partial charge in [-0.2, -0.15) is 0 Å². The van der Waals surface area contributed by atoms with E-state index < -0.39 is 23.4 Å². The molecule has 1 saturated heterocycles. The number of urea groups is 1. The van der Waals surface area contributed by atoms with Gasteiger partial charge in [-0.15, -0.1) is 0 Å². The number of amides is 3. The van der Waals surface area contributed by atoms with Crippen molar-refractivity contribution < 1.29 is 19.1 Å². The maximum atomic E-state index is 12.4. The average Bonchev–Trinajstić information content (AvgIpc) is 3.00. The van der Waals surface area contributed by atoms with Gasteiger partial charge in [0.05, 0.1) is 12.1 Å². The van der Waals surface area contributed by atoms with Crippen LogP contribution in [0.5, 0.6) is 0 Å². The Morgan fingerprint density at radius 3 is 2.62 bits per heavy atom. The van der Waals surface area contributed by atoms with Gasteiger partial charge in [-0.05, 0) is 49.1 Å². The van der Waals surface area contributed by atoms with Crippen LogP contribution in [-0.2, 0) is 21.5 Å². The highest BCUT2D eigenvalue weighted by molar-refractivity contribution is 6.07. The monoisotopic (exact) mass is 393 g/mol. The van der Waals surface area contributed by atoms with E-state index in [4.69, 9.17) is 4.74 Å². The van der Waals surface area contributed by atoms with Crippen molar-refractivity contribution in [2.24, 2.45) is 0 Å². The van der Waals surface area contributed by atoms with Gasteiger partial charge < -0.3 is 15.0 Å². The molecule has 3 amide bonds. The molecule has 0 unspecified atom stereocenters. The Labute approximate surface area is 169 Å². The van der Waals surface area contributed by atoms with Gasteiger partial charge >= 0.3 is 12.0 Å². The number of fused-ring (bicyclic) bond motifs is 1. The Hall–Kier alpha value is -3.35. The number of benzene rings is 2.